The number of nitrogens with zero attached hydrogens (tertiary/aromatic N) is 2. The van der Waals surface area contributed by atoms with E-state index in [-0.39, 0.29) is 13.0 Å². The van der Waals surface area contributed by atoms with Crippen LogP contribution >= 0.6 is 0 Å². The summed E-state index contributed by atoms with van der Waals surface area (Å²) in [7, 11) is 1.45. The van der Waals surface area contributed by atoms with Crippen molar-refractivity contribution in [3.63, 3.8) is 0 Å². The van der Waals surface area contributed by atoms with Crippen LogP contribution < -0.4 is 5.32 Å². The maximum atomic E-state index is 12.0. The molecule has 1 aliphatic heterocycles. The number of carboxylic acid groups (broad SMARTS) is 1. The molecule has 1 aromatic rings. The quantitative estimate of drug-likeness (QED) is 0.700. The van der Waals surface area contributed by atoms with Gasteiger partial charge in [0.2, 0.25) is 5.91 Å². The molecule has 8 nitrogen and oxygen atoms in total. The molecule has 0 saturated carbocycles. The maximum absolute atomic E-state index is 12.0. The molecule has 0 aliphatic carbocycles. The van der Waals surface area contributed by atoms with Gasteiger partial charge in [-0.1, -0.05) is 30.3 Å². The van der Waals surface area contributed by atoms with Crippen LogP contribution in [0, 0.1) is 0 Å². The molecule has 1 heterocycles. The van der Waals surface area contributed by atoms with Crippen LogP contribution in [0.5, 0.6) is 0 Å². The Bertz CT molecular complexity index is 631. The van der Waals surface area contributed by atoms with Crippen molar-refractivity contribution in [3.05, 3.63) is 35.9 Å². The molecule has 0 radical (unpaired) electrons. The average molecular weight is 319 g/mol. The van der Waals surface area contributed by atoms with Crippen LogP contribution in [-0.4, -0.2) is 64.9 Å². The van der Waals surface area contributed by atoms with Gasteiger partial charge in [-0.15, -0.1) is 0 Å². The summed E-state index contributed by atoms with van der Waals surface area (Å²) >= 11 is 0. The molecule has 0 spiro atoms. The van der Waals surface area contributed by atoms with E-state index >= 15 is 0 Å². The van der Waals surface area contributed by atoms with Crippen molar-refractivity contribution in [2.45, 2.75) is 12.5 Å². The molecule has 4 amide bonds. The fourth-order valence-corrected chi connectivity index (χ4v) is 2.26. The monoisotopic (exact) mass is 319 g/mol. The molecule has 1 saturated heterocycles. The van der Waals surface area contributed by atoms with E-state index < -0.39 is 36.4 Å². The number of carbonyl (C=O) groups is 4. The lowest BCUT2D eigenvalue weighted by atomic mass is 10.1. The molecule has 1 aliphatic rings. The van der Waals surface area contributed by atoms with Gasteiger partial charge in [0, 0.05) is 13.5 Å². The van der Waals surface area contributed by atoms with Crippen LogP contribution in [-0.2, 0) is 20.8 Å². The third kappa shape index (κ3) is 4.06. The number of hydrogen-bond acceptors (Lipinski definition) is 4. The van der Waals surface area contributed by atoms with Crippen molar-refractivity contribution in [3.8, 4) is 0 Å². The van der Waals surface area contributed by atoms with Gasteiger partial charge in [0.05, 0.1) is 0 Å². The fraction of sp³-hybridized carbons (Fsp3) is 0.333. The molecule has 2 N–H and O–H groups in total. The first kappa shape index (κ1) is 16.5. The Labute approximate surface area is 132 Å². The number of imide groups is 1. The number of carboxylic acids is 1. The second kappa shape index (κ2) is 6.91. The smallest absolute Gasteiger partial charge is 0.327 e. The Morgan fingerprint density at radius 2 is 1.91 bits per heavy atom. The Morgan fingerprint density at radius 1 is 1.26 bits per heavy atom. The van der Waals surface area contributed by atoms with Gasteiger partial charge in [-0.2, -0.15) is 0 Å². The lowest BCUT2D eigenvalue weighted by molar-refractivity contribution is -0.142. The van der Waals surface area contributed by atoms with Crippen LogP contribution in [0.25, 0.3) is 0 Å². The number of urea groups is 1. The number of aliphatic carboxylic acids is 1. The van der Waals surface area contributed by atoms with E-state index in [9.17, 15) is 24.3 Å². The van der Waals surface area contributed by atoms with E-state index in [1.807, 2.05) is 0 Å². The van der Waals surface area contributed by atoms with Crippen molar-refractivity contribution >= 4 is 23.8 Å². The highest BCUT2D eigenvalue weighted by atomic mass is 16.4. The Hall–Kier alpha value is -2.90. The van der Waals surface area contributed by atoms with E-state index in [1.54, 1.807) is 30.3 Å². The lowest BCUT2D eigenvalue weighted by Gasteiger charge is -2.17. The molecule has 8 heteroatoms. The van der Waals surface area contributed by atoms with Crippen molar-refractivity contribution < 1.29 is 24.3 Å². The minimum absolute atomic E-state index is 0.0848. The van der Waals surface area contributed by atoms with Gasteiger partial charge in [0.25, 0.3) is 5.91 Å². The van der Waals surface area contributed by atoms with Crippen molar-refractivity contribution in [1.29, 1.82) is 0 Å². The molecule has 23 heavy (non-hydrogen) atoms. The highest BCUT2D eigenvalue weighted by Crippen LogP contribution is 2.08. The van der Waals surface area contributed by atoms with Gasteiger partial charge in [-0.05, 0) is 5.56 Å². The van der Waals surface area contributed by atoms with Crippen molar-refractivity contribution in [1.82, 2.24) is 15.1 Å². The normalized spacial score (nSPS) is 15.7. The zero-order valence-corrected chi connectivity index (χ0v) is 12.6. The summed E-state index contributed by atoms with van der Waals surface area (Å²) in [6.07, 6.45) is 0.115. The minimum Gasteiger partial charge on any atom is -0.480 e. The summed E-state index contributed by atoms with van der Waals surface area (Å²) in [5, 5.41) is 11.6. The SMILES string of the molecule is CN1CC(=O)N(CC(=O)N[C@H](Cc2ccccc2)C(=O)O)C1=O. The first-order chi connectivity index (χ1) is 10.9. The number of hydrogen-bond donors (Lipinski definition) is 2. The number of nitrogens with one attached hydrogen (secondary N) is 1. The Morgan fingerprint density at radius 3 is 2.43 bits per heavy atom. The van der Waals surface area contributed by atoms with Crippen molar-refractivity contribution in [2.24, 2.45) is 0 Å². The van der Waals surface area contributed by atoms with Gasteiger partial charge in [-0.3, -0.25) is 14.5 Å². The fourth-order valence-electron chi connectivity index (χ4n) is 2.26. The highest BCUT2D eigenvalue weighted by molar-refractivity contribution is 6.04. The summed E-state index contributed by atoms with van der Waals surface area (Å²) < 4.78 is 0. The lowest BCUT2D eigenvalue weighted by Crippen LogP contribution is -2.48. The van der Waals surface area contributed by atoms with Gasteiger partial charge < -0.3 is 15.3 Å². The molecule has 0 bridgehead atoms. The van der Waals surface area contributed by atoms with Gasteiger partial charge >= 0.3 is 12.0 Å². The standard InChI is InChI=1S/C15H17N3O5/c1-17-9-13(20)18(15(17)23)8-12(19)16-11(14(21)22)7-10-5-3-2-4-6-10/h2-6,11H,7-9H2,1H3,(H,16,19)(H,21,22)/t11-/m1/s1. The molecule has 0 unspecified atom stereocenters. The largest absolute Gasteiger partial charge is 0.480 e. The summed E-state index contributed by atoms with van der Waals surface area (Å²) in [6.45, 7) is -0.570. The zero-order valence-electron chi connectivity index (χ0n) is 12.6. The summed E-state index contributed by atoms with van der Waals surface area (Å²) in [5.41, 5.74) is 0.758. The Balaban J connectivity index is 1.97. The van der Waals surface area contributed by atoms with E-state index in [0.29, 0.717) is 0 Å². The van der Waals surface area contributed by atoms with Gasteiger partial charge in [0.15, 0.2) is 0 Å². The van der Waals surface area contributed by atoms with E-state index in [2.05, 4.69) is 5.32 Å². The molecular weight excluding hydrogens is 302 g/mol. The van der Waals surface area contributed by atoms with E-state index in [4.69, 9.17) is 0 Å². The van der Waals surface area contributed by atoms with Crippen LogP contribution in [0.2, 0.25) is 0 Å². The number of rotatable bonds is 6. The molecule has 0 aromatic heterocycles. The Kier molecular flexibility index (Phi) is 4.95. The summed E-state index contributed by atoms with van der Waals surface area (Å²) in [5.74, 6) is -2.36. The number of carbonyl (C=O) groups excluding carboxylic acids is 3. The third-order valence-electron chi connectivity index (χ3n) is 3.45. The second-order valence-electron chi connectivity index (χ2n) is 5.27. The first-order valence-corrected chi connectivity index (χ1v) is 7.00. The molecule has 122 valence electrons. The maximum Gasteiger partial charge on any atom is 0.327 e. The third-order valence-corrected chi connectivity index (χ3v) is 3.45. The summed E-state index contributed by atoms with van der Waals surface area (Å²) in [4.78, 5) is 48.5. The minimum atomic E-state index is -1.18. The van der Waals surface area contributed by atoms with Gasteiger partial charge in [-0.25, -0.2) is 9.59 Å². The first-order valence-electron chi connectivity index (χ1n) is 7.00. The predicted octanol–water partition coefficient (Wildman–Crippen LogP) is -0.307. The molecule has 2 rings (SSSR count). The topological polar surface area (TPSA) is 107 Å². The van der Waals surface area contributed by atoms with Crippen LogP contribution in [0.1, 0.15) is 5.56 Å². The summed E-state index contributed by atoms with van der Waals surface area (Å²) in [6, 6.07) is 7.16. The van der Waals surface area contributed by atoms with Crippen LogP contribution in [0.15, 0.2) is 30.3 Å². The number of likely N-dealkylation sites (N-methyl/N-ethyl adjacent to an activating group) is 1. The average Bonchev–Trinajstić information content (AvgIpc) is 2.74. The highest BCUT2D eigenvalue weighted by Gasteiger charge is 2.35. The molecule has 1 fully saturated rings. The van der Waals surface area contributed by atoms with Crippen molar-refractivity contribution in [2.75, 3.05) is 20.1 Å². The van der Waals surface area contributed by atoms with Crippen LogP contribution in [0.3, 0.4) is 0 Å². The van der Waals surface area contributed by atoms with E-state index in [0.717, 1.165) is 10.5 Å². The number of benzene rings is 1. The number of amides is 4. The van der Waals surface area contributed by atoms with Crippen LogP contribution in [0.4, 0.5) is 4.79 Å². The van der Waals surface area contributed by atoms with E-state index in [1.165, 1.54) is 11.9 Å². The molecule has 1 aromatic carbocycles. The predicted molar refractivity (Wildman–Crippen MR) is 79.5 cm³/mol. The zero-order chi connectivity index (χ0) is 17.0. The second-order valence-corrected chi connectivity index (χ2v) is 5.27. The molecule has 1 atom stereocenters. The van der Waals surface area contributed by atoms with Gasteiger partial charge in [0.1, 0.15) is 19.1 Å². The molecular formula is C15H17N3O5.